The van der Waals surface area contributed by atoms with Crippen molar-refractivity contribution >= 4 is 29.0 Å². The summed E-state index contributed by atoms with van der Waals surface area (Å²) < 4.78 is 0. The first kappa shape index (κ1) is 12.0. The Bertz CT molecular complexity index is 390. The van der Waals surface area contributed by atoms with E-state index in [2.05, 4.69) is 43.5 Å². The molecule has 0 radical (unpaired) electrons. The molecule has 1 aromatic rings. The SMILES string of the molecule is NC(=S)CNC(=O)C(=O)NCc1nn[nH]n1. The minimum atomic E-state index is -0.823. The van der Waals surface area contributed by atoms with Gasteiger partial charge in [-0.1, -0.05) is 17.4 Å². The number of aromatic amines is 1. The summed E-state index contributed by atoms with van der Waals surface area (Å²) in [6.45, 7) is -0.0143. The standard InChI is InChI=1S/C6H9N7O2S/c7-3(16)1-8-5(14)6(15)9-2-4-10-12-13-11-4/h1-2H2,(H2,7,16)(H,8,14)(H,9,15)(H,10,11,12,13). The van der Waals surface area contributed by atoms with Gasteiger partial charge in [0.2, 0.25) is 0 Å². The molecule has 0 spiro atoms. The number of carbonyl (C=O) groups is 2. The minimum Gasteiger partial charge on any atom is -0.392 e. The summed E-state index contributed by atoms with van der Waals surface area (Å²) in [5.74, 6) is -1.37. The number of carbonyl (C=O) groups excluding carboxylic acids is 2. The minimum absolute atomic E-state index is 0.00975. The van der Waals surface area contributed by atoms with Crippen LogP contribution in [0.25, 0.3) is 0 Å². The van der Waals surface area contributed by atoms with Gasteiger partial charge in [-0.3, -0.25) is 9.59 Å². The summed E-state index contributed by atoms with van der Waals surface area (Å²) in [5.41, 5.74) is 5.14. The van der Waals surface area contributed by atoms with Gasteiger partial charge < -0.3 is 16.4 Å². The molecule has 0 aromatic carbocycles. The summed E-state index contributed by atoms with van der Waals surface area (Å²) in [6.07, 6.45) is 0. The summed E-state index contributed by atoms with van der Waals surface area (Å²) in [5, 5.41) is 17.2. The molecule has 5 N–H and O–H groups in total. The molecule has 9 nitrogen and oxygen atoms in total. The lowest BCUT2D eigenvalue weighted by Crippen LogP contribution is -2.42. The smallest absolute Gasteiger partial charge is 0.309 e. The Morgan fingerprint density at radius 3 is 2.62 bits per heavy atom. The predicted molar refractivity (Wildman–Crippen MR) is 55.8 cm³/mol. The third kappa shape index (κ3) is 3.96. The summed E-state index contributed by atoms with van der Waals surface area (Å²) >= 11 is 4.53. The average Bonchev–Trinajstić information content (AvgIpc) is 2.75. The van der Waals surface area contributed by atoms with Crippen molar-refractivity contribution in [2.75, 3.05) is 6.54 Å². The van der Waals surface area contributed by atoms with E-state index in [0.29, 0.717) is 0 Å². The van der Waals surface area contributed by atoms with Crippen molar-refractivity contribution in [3.63, 3.8) is 0 Å². The Morgan fingerprint density at radius 1 is 1.38 bits per heavy atom. The van der Waals surface area contributed by atoms with Gasteiger partial charge in [0.15, 0.2) is 5.82 Å². The fourth-order valence-electron chi connectivity index (χ4n) is 0.745. The predicted octanol–water partition coefficient (Wildman–Crippen LogP) is -2.78. The Morgan fingerprint density at radius 2 is 2.06 bits per heavy atom. The first-order valence-electron chi connectivity index (χ1n) is 4.16. The van der Waals surface area contributed by atoms with Gasteiger partial charge in [-0.25, -0.2) is 0 Å². The maximum atomic E-state index is 11.2. The molecular weight excluding hydrogens is 234 g/mol. The number of aromatic nitrogens is 4. The molecular formula is C6H9N7O2S. The Kier molecular flexibility index (Phi) is 4.27. The van der Waals surface area contributed by atoms with Crippen molar-refractivity contribution < 1.29 is 9.59 Å². The molecule has 0 aliphatic heterocycles. The molecule has 0 unspecified atom stereocenters. The summed E-state index contributed by atoms with van der Waals surface area (Å²) in [4.78, 5) is 22.4. The number of nitrogens with two attached hydrogens (primary N) is 1. The second-order valence-electron chi connectivity index (χ2n) is 2.66. The maximum absolute atomic E-state index is 11.2. The molecule has 0 saturated carbocycles. The van der Waals surface area contributed by atoms with Crippen molar-refractivity contribution in [2.45, 2.75) is 6.54 Å². The fraction of sp³-hybridized carbons (Fsp3) is 0.333. The molecule has 0 fully saturated rings. The van der Waals surface area contributed by atoms with Crippen LogP contribution in [-0.2, 0) is 16.1 Å². The van der Waals surface area contributed by atoms with Gasteiger partial charge in [-0.15, -0.1) is 10.2 Å². The van der Waals surface area contributed by atoms with E-state index >= 15 is 0 Å². The number of hydrogen-bond acceptors (Lipinski definition) is 6. The highest BCUT2D eigenvalue weighted by molar-refractivity contribution is 7.80. The highest BCUT2D eigenvalue weighted by Crippen LogP contribution is 1.81. The number of hydrogen-bond donors (Lipinski definition) is 4. The van der Waals surface area contributed by atoms with E-state index < -0.39 is 11.8 Å². The van der Waals surface area contributed by atoms with Crippen LogP contribution < -0.4 is 16.4 Å². The summed E-state index contributed by atoms with van der Waals surface area (Å²) in [6, 6.07) is 0. The first-order chi connectivity index (χ1) is 7.59. The Balaban J connectivity index is 2.29. The zero-order chi connectivity index (χ0) is 12.0. The number of tetrazole rings is 1. The van der Waals surface area contributed by atoms with Crippen molar-refractivity contribution in [1.82, 2.24) is 31.3 Å². The van der Waals surface area contributed by atoms with Gasteiger partial charge in [0, 0.05) is 0 Å². The van der Waals surface area contributed by atoms with Crippen molar-refractivity contribution in [1.29, 1.82) is 0 Å². The van der Waals surface area contributed by atoms with Crippen LogP contribution in [0, 0.1) is 0 Å². The highest BCUT2D eigenvalue weighted by Gasteiger charge is 2.13. The van der Waals surface area contributed by atoms with Crippen LogP contribution in [0.1, 0.15) is 5.82 Å². The van der Waals surface area contributed by atoms with Crippen LogP contribution in [0.3, 0.4) is 0 Å². The average molecular weight is 243 g/mol. The van der Waals surface area contributed by atoms with Crippen molar-refractivity contribution in [3.05, 3.63) is 5.82 Å². The van der Waals surface area contributed by atoms with E-state index in [0.717, 1.165) is 0 Å². The van der Waals surface area contributed by atoms with Crippen LogP contribution in [0.4, 0.5) is 0 Å². The van der Waals surface area contributed by atoms with E-state index in [1.54, 1.807) is 0 Å². The second-order valence-corrected chi connectivity index (χ2v) is 3.18. The summed E-state index contributed by atoms with van der Waals surface area (Å²) in [7, 11) is 0. The topological polar surface area (TPSA) is 139 Å². The van der Waals surface area contributed by atoms with Gasteiger partial charge in [-0.05, 0) is 0 Å². The van der Waals surface area contributed by atoms with E-state index in [4.69, 9.17) is 5.73 Å². The van der Waals surface area contributed by atoms with E-state index in [1.807, 2.05) is 0 Å². The van der Waals surface area contributed by atoms with Gasteiger partial charge in [0.05, 0.1) is 18.1 Å². The van der Waals surface area contributed by atoms with Gasteiger partial charge >= 0.3 is 11.8 Å². The van der Waals surface area contributed by atoms with Crippen LogP contribution in [0.15, 0.2) is 0 Å². The maximum Gasteiger partial charge on any atom is 0.309 e. The van der Waals surface area contributed by atoms with Crippen LogP contribution in [0.5, 0.6) is 0 Å². The number of H-pyrrole nitrogens is 1. The zero-order valence-electron chi connectivity index (χ0n) is 8.06. The molecule has 1 heterocycles. The fourth-order valence-corrected chi connectivity index (χ4v) is 0.817. The Hall–Kier alpha value is -2.10. The van der Waals surface area contributed by atoms with Gasteiger partial charge in [0.1, 0.15) is 0 Å². The number of rotatable bonds is 4. The van der Waals surface area contributed by atoms with E-state index in [-0.39, 0.29) is 23.9 Å². The van der Waals surface area contributed by atoms with Crippen LogP contribution >= 0.6 is 12.2 Å². The molecule has 0 aliphatic carbocycles. The quantitative estimate of drug-likeness (QED) is 0.331. The molecule has 10 heteroatoms. The van der Waals surface area contributed by atoms with Crippen LogP contribution in [0.2, 0.25) is 0 Å². The third-order valence-corrected chi connectivity index (χ3v) is 1.57. The molecule has 86 valence electrons. The van der Waals surface area contributed by atoms with Crippen molar-refractivity contribution in [2.24, 2.45) is 5.73 Å². The monoisotopic (exact) mass is 243 g/mol. The molecule has 0 atom stereocenters. The molecule has 1 rings (SSSR count). The normalized spacial score (nSPS) is 9.50. The molecule has 0 aliphatic rings. The third-order valence-electron chi connectivity index (χ3n) is 1.43. The lowest BCUT2D eigenvalue weighted by molar-refractivity contribution is -0.139. The first-order valence-corrected chi connectivity index (χ1v) is 4.57. The molecule has 0 saturated heterocycles. The number of amides is 2. The van der Waals surface area contributed by atoms with Gasteiger partial charge in [-0.2, -0.15) is 5.21 Å². The lowest BCUT2D eigenvalue weighted by atomic mass is 10.5. The number of nitrogens with zero attached hydrogens (tertiary/aromatic N) is 3. The number of thiocarbonyl (C=S) groups is 1. The van der Waals surface area contributed by atoms with Crippen LogP contribution in [-0.4, -0.2) is 44.0 Å². The molecule has 1 aromatic heterocycles. The molecule has 16 heavy (non-hydrogen) atoms. The molecule has 0 bridgehead atoms. The van der Waals surface area contributed by atoms with Crippen molar-refractivity contribution in [3.8, 4) is 0 Å². The highest BCUT2D eigenvalue weighted by atomic mass is 32.1. The lowest BCUT2D eigenvalue weighted by Gasteiger charge is -2.03. The largest absolute Gasteiger partial charge is 0.392 e. The number of nitrogens with one attached hydrogen (secondary N) is 3. The van der Waals surface area contributed by atoms with E-state index in [9.17, 15) is 9.59 Å². The zero-order valence-corrected chi connectivity index (χ0v) is 8.87. The Labute approximate surface area is 95.2 Å². The van der Waals surface area contributed by atoms with Gasteiger partial charge in [0.25, 0.3) is 0 Å². The molecule has 2 amide bonds. The second kappa shape index (κ2) is 5.70. The van der Waals surface area contributed by atoms with E-state index in [1.165, 1.54) is 0 Å².